The van der Waals surface area contributed by atoms with Crippen molar-refractivity contribution in [2.75, 3.05) is 31.2 Å². The van der Waals surface area contributed by atoms with Crippen LogP contribution >= 0.6 is 27.7 Å². The van der Waals surface area contributed by atoms with Gasteiger partial charge in [0.15, 0.2) is 10.9 Å². The third-order valence-electron chi connectivity index (χ3n) is 4.63. The molecule has 138 valence electrons. The molecule has 1 unspecified atom stereocenters. The van der Waals surface area contributed by atoms with Crippen molar-refractivity contribution in [2.45, 2.75) is 36.2 Å². The second-order valence-electron chi connectivity index (χ2n) is 6.61. The zero-order valence-electron chi connectivity index (χ0n) is 14.6. The molecule has 1 saturated heterocycles. The predicted octanol–water partition coefficient (Wildman–Crippen LogP) is 3.58. The zero-order chi connectivity index (χ0) is 18.1. The van der Waals surface area contributed by atoms with E-state index in [4.69, 9.17) is 4.74 Å². The van der Waals surface area contributed by atoms with Gasteiger partial charge in [0.2, 0.25) is 5.95 Å². The van der Waals surface area contributed by atoms with Crippen LogP contribution in [-0.4, -0.2) is 52.1 Å². The maximum atomic E-state index is 12.7. The van der Waals surface area contributed by atoms with Gasteiger partial charge in [-0.3, -0.25) is 9.36 Å². The Morgan fingerprint density at radius 3 is 2.58 bits per heavy atom. The first-order chi connectivity index (χ1) is 12.6. The zero-order valence-corrected chi connectivity index (χ0v) is 17.0. The Hall–Kier alpha value is -1.38. The van der Waals surface area contributed by atoms with Crippen molar-refractivity contribution in [3.63, 3.8) is 0 Å². The van der Waals surface area contributed by atoms with E-state index in [2.05, 4.69) is 35.6 Å². The lowest BCUT2D eigenvalue weighted by Crippen LogP contribution is -2.38. The Balaban J connectivity index is 1.53. The van der Waals surface area contributed by atoms with Gasteiger partial charge in [0.05, 0.1) is 18.5 Å². The number of morpholine rings is 1. The molecule has 26 heavy (non-hydrogen) atoms. The van der Waals surface area contributed by atoms with E-state index in [9.17, 15) is 4.79 Å². The van der Waals surface area contributed by atoms with Crippen molar-refractivity contribution in [3.05, 3.63) is 34.3 Å². The van der Waals surface area contributed by atoms with Gasteiger partial charge in [0, 0.05) is 29.2 Å². The molecule has 0 spiro atoms. The molecule has 1 aromatic heterocycles. The molecular weight excluding hydrogens is 416 g/mol. The van der Waals surface area contributed by atoms with Crippen LogP contribution in [0.2, 0.25) is 0 Å². The third kappa shape index (κ3) is 3.82. The van der Waals surface area contributed by atoms with Gasteiger partial charge < -0.3 is 9.64 Å². The van der Waals surface area contributed by atoms with Gasteiger partial charge in [0.1, 0.15) is 0 Å². The number of hydrogen-bond donors (Lipinski definition) is 0. The Morgan fingerprint density at radius 2 is 1.92 bits per heavy atom. The smallest absolute Gasteiger partial charge is 0.228 e. The van der Waals surface area contributed by atoms with E-state index in [-0.39, 0.29) is 11.0 Å². The largest absolute Gasteiger partial charge is 0.378 e. The summed E-state index contributed by atoms with van der Waals surface area (Å²) in [6.07, 6.45) is 2.30. The molecule has 1 saturated carbocycles. The number of ether oxygens (including phenoxy) is 1. The molecule has 0 amide bonds. The van der Waals surface area contributed by atoms with Crippen LogP contribution in [0.4, 0.5) is 5.95 Å². The summed E-state index contributed by atoms with van der Waals surface area (Å²) >= 11 is 4.91. The molecule has 0 N–H and O–H groups in total. The van der Waals surface area contributed by atoms with Crippen LogP contribution < -0.4 is 4.90 Å². The van der Waals surface area contributed by atoms with Crippen LogP contribution in [-0.2, 0) is 4.74 Å². The Labute approximate surface area is 165 Å². The molecule has 8 heteroatoms. The van der Waals surface area contributed by atoms with Crippen molar-refractivity contribution in [2.24, 2.45) is 0 Å². The van der Waals surface area contributed by atoms with Crippen molar-refractivity contribution >= 4 is 39.4 Å². The minimum absolute atomic E-state index is 0.112. The summed E-state index contributed by atoms with van der Waals surface area (Å²) in [7, 11) is 0. The summed E-state index contributed by atoms with van der Waals surface area (Å²) in [4.78, 5) is 15.0. The molecule has 1 atom stereocenters. The van der Waals surface area contributed by atoms with Crippen molar-refractivity contribution < 1.29 is 9.53 Å². The van der Waals surface area contributed by atoms with Gasteiger partial charge >= 0.3 is 0 Å². The highest BCUT2D eigenvalue weighted by atomic mass is 79.9. The van der Waals surface area contributed by atoms with Gasteiger partial charge in [-0.25, -0.2) is 0 Å². The van der Waals surface area contributed by atoms with Crippen LogP contribution in [0.15, 0.2) is 33.9 Å². The first-order valence-electron chi connectivity index (χ1n) is 8.87. The molecule has 2 aromatic rings. The quantitative estimate of drug-likeness (QED) is 0.509. The summed E-state index contributed by atoms with van der Waals surface area (Å²) in [5.74, 6) is 1.03. The highest BCUT2D eigenvalue weighted by Gasteiger charge is 2.33. The second-order valence-corrected chi connectivity index (χ2v) is 8.84. The lowest BCUT2D eigenvalue weighted by atomic mass is 10.1. The number of ketones is 1. The predicted molar refractivity (Wildman–Crippen MR) is 105 cm³/mol. The van der Waals surface area contributed by atoms with Gasteiger partial charge in [-0.05, 0) is 31.9 Å². The summed E-state index contributed by atoms with van der Waals surface area (Å²) in [5, 5.41) is 9.49. The van der Waals surface area contributed by atoms with Crippen LogP contribution in [0.3, 0.4) is 0 Å². The first-order valence-corrected chi connectivity index (χ1v) is 10.5. The minimum Gasteiger partial charge on any atom is -0.378 e. The molecule has 6 nitrogen and oxygen atoms in total. The van der Waals surface area contributed by atoms with E-state index in [0.29, 0.717) is 6.04 Å². The third-order valence-corrected chi connectivity index (χ3v) is 6.22. The molecule has 1 aliphatic heterocycles. The van der Waals surface area contributed by atoms with Crippen molar-refractivity contribution in [1.29, 1.82) is 0 Å². The molecule has 2 aliphatic rings. The highest BCUT2D eigenvalue weighted by molar-refractivity contribution is 9.10. The van der Waals surface area contributed by atoms with Crippen LogP contribution in [0, 0.1) is 0 Å². The molecule has 1 aromatic carbocycles. The number of hydrogen-bond acceptors (Lipinski definition) is 6. The van der Waals surface area contributed by atoms with Crippen molar-refractivity contribution in [3.8, 4) is 0 Å². The fraction of sp³-hybridized carbons (Fsp3) is 0.500. The number of nitrogens with zero attached hydrogens (tertiary/aromatic N) is 4. The molecule has 2 heterocycles. The molecule has 1 aliphatic carbocycles. The maximum absolute atomic E-state index is 12.7. The van der Waals surface area contributed by atoms with Crippen LogP contribution in [0.1, 0.15) is 36.2 Å². The SMILES string of the molecule is CC(Sc1nnc(N2CCOCC2)n1C1CC1)C(=O)c1ccc(Br)cc1. The van der Waals surface area contributed by atoms with Gasteiger partial charge in [-0.2, -0.15) is 0 Å². The van der Waals surface area contributed by atoms with E-state index < -0.39 is 0 Å². The number of Topliss-reactive ketones (excluding diaryl/α,β-unsaturated/α-hetero) is 1. The molecule has 2 fully saturated rings. The molecular formula is C18H21BrN4O2S. The number of halogens is 1. The van der Waals surface area contributed by atoms with E-state index in [1.165, 1.54) is 11.8 Å². The number of carbonyl (C=O) groups excluding carboxylic acids is 1. The fourth-order valence-corrected chi connectivity index (χ4v) is 4.30. The van der Waals surface area contributed by atoms with Crippen LogP contribution in [0.25, 0.3) is 0 Å². The van der Waals surface area contributed by atoms with E-state index >= 15 is 0 Å². The standard InChI is InChI=1S/C18H21BrN4O2S/c1-12(16(24)13-2-4-14(19)5-3-13)26-18-21-20-17(23(18)15-6-7-15)22-8-10-25-11-9-22/h2-5,12,15H,6-11H2,1H3. The topological polar surface area (TPSA) is 60.2 Å². The van der Waals surface area contributed by atoms with Gasteiger partial charge in [-0.15, -0.1) is 10.2 Å². The van der Waals surface area contributed by atoms with Gasteiger partial charge in [-0.1, -0.05) is 39.8 Å². The Bertz CT molecular complexity index is 785. The first kappa shape index (κ1) is 18.0. The molecule has 0 bridgehead atoms. The minimum atomic E-state index is -0.213. The Morgan fingerprint density at radius 1 is 1.23 bits per heavy atom. The number of rotatable bonds is 6. The molecule has 0 radical (unpaired) electrons. The van der Waals surface area contributed by atoms with Crippen LogP contribution in [0.5, 0.6) is 0 Å². The highest BCUT2D eigenvalue weighted by Crippen LogP contribution is 2.42. The number of benzene rings is 1. The number of carbonyl (C=O) groups is 1. The van der Waals surface area contributed by atoms with Gasteiger partial charge in [0.25, 0.3) is 0 Å². The summed E-state index contributed by atoms with van der Waals surface area (Å²) in [6, 6.07) is 7.96. The normalized spacial score (nSPS) is 18.8. The Kier molecular flexibility index (Phi) is 5.33. The average Bonchev–Trinajstić information content (AvgIpc) is 3.42. The average molecular weight is 437 g/mol. The monoisotopic (exact) mass is 436 g/mol. The fourth-order valence-electron chi connectivity index (χ4n) is 3.04. The maximum Gasteiger partial charge on any atom is 0.228 e. The number of thioether (sulfide) groups is 1. The lowest BCUT2D eigenvalue weighted by Gasteiger charge is -2.28. The summed E-state index contributed by atoms with van der Waals surface area (Å²) in [6.45, 7) is 5.05. The number of aromatic nitrogens is 3. The summed E-state index contributed by atoms with van der Waals surface area (Å²) in [5.41, 5.74) is 0.721. The lowest BCUT2D eigenvalue weighted by molar-refractivity contribution is 0.0994. The number of anilines is 1. The van der Waals surface area contributed by atoms with E-state index in [1.807, 2.05) is 31.2 Å². The van der Waals surface area contributed by atoms with E-state index in [1.54, 1.807) is 0 Å². The second kappa shape index (κ2) is 7.70. The van der Waals surface area contributed by atoms with Crippen molar-refractivity contribution in [1.82, 2.24) is 14.8 Å². The summed E-state index contributed by atoms with van der Waals surface area (Å²) < 4.78 is 8.64. The molecule has 4 rings (SSSR count). The van der Waals surface area contributed by atoms with E-state index in [0.717, 1.165) is 60.3 Å².